The summed E-state index contributed by atoms with van der Waals surface area (Å²) >= 11 is 5.89. The highest BCUT2D eigenvalue weighted by Crippen LogP contribution is 2.27. The van der Waals surface area contributed by atoms with E-state index >= 15 is 0 Å². The lowest BCUT2D eigenvalue weighted by Gasteiger charge is -2.39. The molecule has 3 aromatic rings. The molecule has 0 radical (unpaired) electrons. The molecule has 5 atom stereocenters. The van der Waals surface area contributed by atoms with Gasteiger partial charge in [-0.1, -0.05) is 23.7 Å². The Bertz CT molecular complexity index is 1090. The average Bonchev–Trinajstić information content (AvgIpc) is 2.75. The molecule has 1 aliphatic rings. The Morgan fingerprint density at radius 1 is 1.00 bits per heavy atom. The van der Waals surface area contributed by atoms with E-state index in [-0.39, 0.29) is 16.8 Å². The molecular weight excluding hydrogens is 416 g/mol. The van der Waals surface area contributed by atoms with Gasteiger partial charge in [0.05, 0.1) is 17.6 Å². The number of fused-ring (bicyclic) bond motifs is 1. The highest BCUT2D eigenvalue weighted by Gasteiger charge is 2.44. The first kappa shape index (κ1) is 20.8. The Morgan fingerprint density at radius 2 is 1.73 bits per heavy atom. The lowest BCUT2D eigenvalue weighted by Crippen LogP contribution is -2.60. The van der Waals surface area contributed by atoms with Crippen molar-refractivity contribution in [3.05, 3.63) is 64.0 Å². The number of halogens is 1. The molecular formula is C21H19ClO8. The molecule has 0 bridgehead atoms. The highest BCUT2D eigenvalue weighted by molar-refractivity contribution is 6.30. The van der Waals surface area contributed by atoms with E-state index in [1.54, 1.807) is 24.3 Å². The first-order valence-electron chi connectivity index (χ1n) is 9.17. The van der Waals surface area contributed by atoms with Crippen LogP contribution < -0.4 is 10.2 Å². The number of aliphatic hydroxyl groups excluding tert-OH is 4. The van der Waals surface area contributed by atoms with E-state index in [9.17, 15) is 25.2 Å². The van der Waals surface area contributed by atoms with E-state index in [2.05, 4.69) is 0 Å². The van der Waals surface area contributed by atoms with Gasteiger partial charge in [-0.3, -0.25) is 4.79 Å². The van der Waals surface area contributed by atoms with Gasteiger partial charge in [-0.2, -0.15) is 0 Å². The van der Waals surface area contributed by atoms with Gasteiger partial charge in [-0.15, -0.1) is 0 Å². The molecule has 0 spiro atoms. The summed E-state index contributed by atoms with van der Waals surface area (Å²) in [5, 5.41) is 40.0. The summed E-state index contributed by atoms with van der Waals surface area (Å²) in [5.74, 6) is 0.203. The van der Waals surface area contributed by atoms with Crippen LogP contribution in [0.1, 0.15) is 0 Å². The van der Waals surface area contributed by atoms with Gasteiger partial charge in [-0.05, 0) is 29.8 Å². The van der Waals surface area contributed by atoms with Gasteiger partial charge in [0.15, 0.2) is 5.43 Å². The summed E-state index contributed by atoms with van der Waals surface area (Å²) in [6, 6.07) is 11.3. The van der Waals surface area contributed by atoms with E-state index in [1.807, 2.05) is 0 Å². The SMILES string of the molecule is O=c1c(-c2ccc(Cl)cc2)coc2cc(O[C@@H]3O[C@H](CO)[C@@H](O)[C@H](O)[C@@H]3O)ccc12. The van der Waals surface area contributed by atoms with E-state index in [0.29, 0.717) is 21.5 Å². The highest BCUT2D eigenvalue weighted by atomic mass is 35.5. The predicted octanol–water partition coefficient (Wildman–Crippen LogP) is 1.29. The van der Waals surface area contributed by atoms with Gasteiger partial charge in [0.25, 0.3) is 0 Å². The molecule has 8 nitrogen and oxygen atoms in total. The van der Waals surface area contributed by atoms with Gasteiger partial charge in [0.2, 0.25) is 6.29 Å². The molecule has 1 aromatic heterocycles. The fraction of sp³-hybridized carbons (Fsp3) is 0.286. The van der Waals surface area contributed by atoms with Gasteiger partial charge in [0.1, 0.15) is 42.0 Å². The van der Waals surface area contributed by atoms with Crippen LogP contribution >= 0.6 is 11.6 Å². The van der Waals surface area contributed by atoms with E-state index < -0.39 is 37.3 Å². The molecule has 9 heteroatoms. The van der Waals surface area contributed by atoms with Crippen molar-refractivity contribution < 1.29 is 34.3 Å². The molecule has 0 saturated carbocycles. The Kier molecular flexibility index (Phi) is 5.79. The molecule has 158 valence electrons. The molecule has 0 aliphatic carbocycles. The molecule has 2 heterocycles. The molecule has 4 N–H and O–H groups in total. The summed E-state index contributed by atoms with van der Waals surface area (Å²) in [4.78, 5) is 12.8. The minimum atomic E-state index is -1.55. The maximum absolute atomic E-state index is 12.8. The monoisotopic (exact) mass is 434 g/mol. The van der Waals surface area contributed by atoms with Gasteiger partial charge >= 0.3 is 0 Å². The number of aliphatic hydroxyl groups is 4. The smallest absolute Gasteiger partial charge is 0.229 e. The van der Waals surface area contributed by atoms with Crippen LogP contribution in [0.4, 0.5) is 0 Å². The Hall–Kier alpha value is -2.46. The summed E-state index contributed by atoms with van der Waals surface area (Å²) in [6.07, 6.45) is -5.66. The van der Waals surface area contributed by atoms with Crippen molar-refractivity contribution in [3.8, 4) is 16.9 Å². The number of hydrogen-bond donors (Lipinski definition) is 4. The van der Waals surface area contributed by atoms with Crippen molar-refractivity contribution in [2.45, 2.75) is 30.7 Å². The van der Waals surface area contributed by atoms with Crippen LogP contribution in [0.5, 0.6) is 5.75 Å². The maximum atomic E-state index is 12.8. The van der Waals surface area contributed by atoms with Crippen LogP contribution in [0, 0.1) is 0 Å². The molecule has 4 rings (SSSR count). The standard InChI is InChI=1S/C21H19ClO8/c22-11-3-1-10(2-4-11)14-9-28-15-7-12(5-6-13(15)17(14)24)29-21-20(27)19(26)18(25)16(8-23)30-21/h1-7,9,16,18-21,23,25-27H,8H2/t16-,18-,19+,20+,21-/m1/s1. The molecule has 30 heavy (non-hydrogen) atoms. The molecule has 1 saturated heterocycles. The van der Waals surface area contributed by atoms with E-state index in [0.717, 1.165) is 0 Å². The summed E-state index contributed by atoms with van der Waals surface area (Å²) in [5.41, 5.74) is 1.05. The van der Waals surface area contributed by atoms with Gasteiger partial charge in [0, 0.05) is 11.1 Å². The van der Waals surface area contributed by atoms with Crippen molar-refractivity contribution in [2.24, 2.45) is 0 Å². The second-order valence-electron chi connectivity index (χ2n) is 6.96. The van der Waals surface area contributed by atoms with E-state index in [4.69, 9.17) is 25.5 Å². The second-order valence-corrected chi connectivity index (χ2v) is 7.39. The first-order chi connectivity index (χ1) is 14.4. The maximum Gasteiger partial charge on any atom is 0.229 e. The third-order valence-electron chi connectivity index (χ3n) is 5.00. The third kappa shape index (κ3) is 3.81. The van der Waals surface area contributed by atoms with E-state index in [1.165, 1.54) is 24.5 Å². The summed E-state index contributed by atoms with van der Waals surface area (Å²) in [7, 11) is 0. The Labute approximate surface area is 175 Å². The predicted molar refractivity (Wildman–Crippen MR) is 107 cm³/mol. The Morgan fingerprint density at radius 3 is 2.43 bits per heavy atom. The largest absolute Gasteiger partial charge is 0.463 e. The summed E-state index contributed by atoms with van der Waals surface area (Å²) in [6.45, 7) is -0.565. The van der Waals surface area contributed by atoms with Crippen LogP contribution in [-0.2, 0) is 4.74 Å². The van der Waals surface area contributed by atoms with Crippen LogP contribution in [0.15, 0.2) is 57.9 Å². The quantitative estimate of drug-likeness (QED) is 0.483. The second kappa shape index (κ2) is 8.35. The fourth-order valence-corrected chi connectivity index (χ4v) is 3.44. The average molecular weight is 435 g/mol. The van der Waals surface area contributed by atoms with Crippen molar-refractivity contribution in [1.29, 1.82) is 0 Å². The van der Waals surface area contributed by atoms with Gasteiger partial charge < -0.3 is 34.3 Å². The zero-order chi connectivity index (χ0) is 21.4. The van der Waals surface area contributed by atoms with Crippen LogP contribution in [0.25, 0.3) is 22.1 Å². The molecule has 0 unspecified atom stereocenters. The fourth-order valence-electron chi connectivity index (χ4n) is 3.31. The minimum Gasteiger partial charge on any atom is -0.463 e. The molecule has 1 fully saturated rings. The molecule has 2 aromatic carbocycles. The number of hydrogen-bond acceptors (Lipinski definition) is 8. The third-order valence-corrected chi connectivity index (χ3v) is 5.25. The Balaban J connectivity index is 1.62. The topological polar surface area (TPSA) is 130 Å². The lowest BCUT2D eigenvalue weighted by atomic mass is 9.99. The number of benzene rings is 2. The van der Waals surface area contributed by atoms with Crippen molar-refractivity contribution in [1.82, 2.24) is 0 Å². The molecule has 1 aliphatic heterocycles. The van der Waals surface area contributed by atoms with Crippen molar-refractivity contribution >= 4 is 22.6 Å². The van der Waals surface area contributed by atoms with Gasteiger partial charge in [-0.25, -0.2) is 0 Å². The number of ether oxygens (including phenoxy) is 2. The lowest BCUT2D eigenvalue weighted by molar-refractivity contribution is -0.277. The normalized spacial score (nSPS) is 26.6. The van der Waals surface area contributed by atoms with Crippen LogP contribution in [0.3, 0.4) is 0 Å². The van der Waals surface area contributed by atoms with Crippen molar-refractivity contribution in [3.63, 3.8) is 0 Å². The zero-order valence-corrected chi connectivity index (χ0v) is 16.3. The first-order valence-corrected chi connectivity index (χ1v) is 9.55. The number of rotatable bonds is 4. The molecule has 0 amide bonds. The minimum absolute atomic E-state index is 0.203. The van der Waals surface area contributed by atoms with Crippen molar-refractivity contribution in [2.75, 3.05) is 6.61 Å². The summed E-state index contributed by atoms with van der Waals surface area (Å²) < 4.78 is 16.5. The van der Waals surface area contributed by atoms with Crippen LogP contribution in [-0.4, -0.2) is 57.7 Å². The zero-order valence-electron chi connectivity index (χ0n) is 15.5. The van der Waals surface area contributed by atoms with Crippen LogP contribution in [0.2, 0.25) is 5.02 Å².